The lowest BCUT2D eigenvalue weighted by Crippen LogP contribution is -2.45. The van der Waals surface area contributed by atoms with E-state index < -0.39 is 0 Å². The Morgan fingerprint density at radius 2 is 2.22 bits per heavy atom. The van der Waals surface area contributed by atoms with Crippen molar-refractivity contribution in [3.8, 4) is 5.88 Å². The molecule has 1 aliphatic heterocycles. The van der Waals surface area contributed by atoms with Gasteiger partial charge in [0.2, 0.25) is 5.88 Å². The van der Waals surface area contributed by atoms with Gasteiger partial charge in [0.25, 0.3) is 0 Å². The molecule has 0 bridgehead atoms. The largest absolute Gasteiger partial charge is 0.478 e. The zero-order valence-electron chi connectivity index (χ0n) is 10.5. The number of rotatable bonds is 5. The van der Waals surface area contributed by atoms with Gasteiger partial charge in [-0.2, -0.15) is 0 Å². The van der Waals surface area contributed by atoms with Crippen LogP contribution in [0.15, 0.2) is 12.4 Å². The molecule has 1 saturated heterocycles. The monoisotopic (exact) mass is 271 g/mol. The highest BCUT2D eigenvalue weighted by Crippen LogP contribution is 2.27. The van der Waals surface area contributed by atoms with Gasteiger partial charge in [0.15, 0.2) is 0 Å². The second kappa shape index (κ2) is 6.20. The first-order valence-electron chi connectivity index (χ1n) is 6.15. The minimum Gasteiger partial charge on any atom is -0.478 e. The van der Waals surface area contributed by atoms with Crippen LogP contribution in [0.1, 0.15) is 19.8 Å². The molecule has 0 unspecified atom stereocenters. The Balaban J connectivity index is 2.08. The van der Waals surface area contributed by atoms with Gasteiger partial charge in [-0.05, 0) is 19.8 Å². The molecular weight excluding hydrogens is 254 g/mol. The van der Waals surface area contributed by atoms with Crippen molar-refractivity contribution in [3.05, 3.63) is 12.4 Å². The van der Waals surface area contributed by atoms with Crippen molar-refractivity contribution >= 4 is 17.4 Å². The van der Waals surface area contributed by atoms with Crippen LogP contribution in [0.25, 0.3) is 0 Å². The van der Waals surface area contributed by atoms with Gasteiger partial charge in [-0.15, -0.1) is 11.6 Å². The summed E-state index contributed by atoms with van der Waals surface area (Å²) in [6.07, 6.45) is 3.25. The average molecular weight is 272 g/mol. The number of nitrogens with one attached hydrogen (secondary N) is 1. The summed E-state index contributed by atoms with van der Waals surface area (Å²) < 4.78 is 10.7. The molecule has 1 aromatic rings. The minimum absolute atomic E-state index is 0.141. The van der Waals surface area contributed by atoms with Crippen molar-refractivity contribution in [2.75, 3.05) is 31.0 Å². The molecular formula is C12H18ClN3O2. The number of nitrogens with zero attached hydrogens (tertiary/aromatic N) is 2. The maximum atomic E-state index is 6.10. The van der Waals surface area contributed by atoms with E-state index in [0.717, 1.165) is 31.9 Å². The molecule has 0 aliphatic carbocycles. The molecule has 100 valence electrons. The van der Waals surface area contributed by atoms with Crippen LogP contribution >= 0.6 is 11.6 Å². The van der Waals surface area contributed by atoms with E-state index in [2.05, 4.69) is 15.3 Å². The smallest absolute Gasteiger partial charge is 0.218 e. The summed E-state index contributed by atoms with van der Waals surface area (Å²) in [6, 6.07) is 1.80. The van der Waals surface area contributed by atoms with E-state index in [0.29, 0.717) is 18.4 Å². The maximum Gasteiger partial charge on any atom is 0.218 e. The lowest BCUT2D eigenvalue weighted by atomic mass is 9.92. The fourth-order valence-electron chi connectivity index (χ4n) is 1.96. The highest BCUT2D eigenvalue weighted by Gasteiger charge is 2.32. The maximum absolute atomic E-state index is 6.10. The zero-order chi connectivity index (χ0) is 12.8. The number of aromatic nitrogens is 2. The predicted octanol–water partition coefficient (Wildman–Crippen LogP) is 2.08. The third-order valence-corrected chi connectivity index (χ3v) is 3.54. The van der Waals surface area contributed by atoms with E-state index >= 15 is 0 Å². The first-order valence-corrected chi connectivity index (χ1v) is 6.68. The van der Waals surface area contributed by atoms with E-state index in [9.17, 15) is 0 Å². The van der Waals surface area contributed by atoms with Crippen LogP contribution in [0.5, 0.6) is 5.88 Å². The zero-order valence-corrected chi connectivity index (χ0v) is 11.2. The molecule has 0 aromatic carbocycles. The van der Waals surface area contributed by atoms with Gasteiger partial charge in [0.05, 0.1) is 12.1 Å². The number of hydrogen-bond donors (Lipinski definition) is 1. The third-order valence-electron chi connectivity index (χ3n) is 3.03. The van der Waals surface area contributed by atoms with Crippen molar-refractivity contribution < 1.29 is 9.47 Å². The molecule has 18 heavy (non-hydrogen) atoms. The molecule has 1 aliphatic rings. The molecule has 1 fully saturated rings. The van der Waals surface area contributed by atoms with Gasteiger partial charge in [-0.3, -0.25) is 0 Å². The van der Waals surface area contributed by atoms with E-state index in [1.54, 1.807) is 6.07 Å². The number of hydrogen-bond acceptors (Lipinski definition) is 5. The summed E-state index contributed by atoms with van der Waals surface area (Å²) in [4.78, 5) is 8.25. The van der Waals surface area contributed by atoms with Gasteiger partial charge in [0, 0.05) is 25.2 Å². The number of ether oxygens (including phenoxy) is 2. The molecule has 0 spiro atoms. The normalized spacial score (nSPS) is 18.3. The SMILES string of the molecule is CCOc1cc(NC2(CCl)CCOCC2)ncn1. The van der Waals surface area contributed by atoms with E-state index in [1.165, 1.54) is 6.33 Å². The van der Waals surface area contributed by atoms with Crippen LogP contribution in [-0.2, 0) is 4.74 Å². The summed E-state index contributed by atoms with van der Waals surface area (Å²) in [5, 5.41) is 3.40. The third kappa shape index (κ3) is 3.23. The van der Waals surface area contributed by atoms with Crippen LogP contribution in [0.2, 0.25) is 0 Å². The van der Waals surface area contributed by atoms with Crippen molar-refractivity contribution in [2.24, 2.45) is 0 Å². The Labute approximate surface area is 112 Å². The van der Waals surface area contributed by atoms with Crippen molar-refractivity contribution in [2.45, 2.75) is 25.3 Å². The van der Waals surface area contributed by atoms with E-state index in [1.807, 2.05) is 6.92 Å². The van der Waals surface area contributed by atoms with Crippen LogP contribution in [-0.4, -0.2) is 41.2 Å². The highest BCUT2D eigenvalue weighted by molar-refractivity contribution is 6.18. The molecule has 0 saturated carbocycles. The van der Waals surface area contributed by atoms with E-state index in [-0.39, 0.29) is 5.54 Å². The van der Waals surface area contributed by atoms with Gasteiger partial charge < -0.3 is 14.8 Å². The average Bonchev–Trinajstić information content (AvgIpc) is 2.41. The minimum atomic E-state index is -0.141. The summed E-state index contributed by atoms with van der Waals surface area (Å²) in [5.41, 5.74) is -0.141. The quantitative estimate of drug-likeness (QED) is 0.831. The highest BCUT2D eigenvalue weighted by atomic mass is 35.5. The fourth-order valence-corrected chi connectivity index (χ4v) is 2.29. The molecule has 5 nitrogen and oxygen atoms in total. The van der Waals surface area contributed by atoms with Crippen LogP contribution in [0.4, 0.5) is 5.82 Å². The molecule has 0 radical (unpaired) electrons. The molecule has 2 rings (SSSR count). The summed E-state index contributed by atoms with van der Waals surface area (Å²) in [6.45, 7) is 3.96. The van der Waals surface area contributed by atoms with Gasteiger partial charge >= 0.3 is 0 Å². The second-order valence-corrected chi connectivity index (χ2v) is 4.59. The topological polar surface area (TPSA) is 56.3 Å². The van der Waals surface area contributed by atoms with Gasteiger partial charge in [-0.25, -0.2) is 9.97 Å². The fraction of sp³-hybridized carbons (Fsp3) is 0.667. The van der Waals surface area contributed by atoms with Crippen LogP contribution in [0, 0.1) is 0 Å². The number of anilines is 1. The van der Waals surface area contributed by atoms with Crippen molar-refractivity contribution in [1.29, 1.82) is 0 Å². The molecule has 1 N–H and O–H groups in total. The first-order chi connectivity index (χ1) is 8.78. The molecule has 6 heteroatoms. The summed E-state index contributed by atoms with van der Waals surface area (Å²) >= 11 is 6.10. The predicted molar refractivity (Wildman–Crippen MR) is 70.3 cm³/mol. The first kappa shape index (κ1) is 13.4. The number of halogens is 1. The van der Waals surface area contributed by atoms with Crippen molar-refractivity contribution in [3.63, 3.8) is 0 Å². The Morgan fingerprint density at radius 3 is 2.89 bits per heavy atom. The van der Waals surface area contributed by atoms with E-state index in [4.69, 9.17) is 21.1 Å². The van der Waals surface area contributed by atoms with Gasteiger partial charge in [0.1, 0.15) is 12.1 Å². The van der Waals surface area contributed by atoms with Crippen LogP contribution < -0.4 is 10.1 Å². The Morgan fingerprint density at radius 1 is 1.44 bits per heavy atom. The lowest BCUT2D eigenvalue weighted by molar-refractivity contribution is 0.0666. The molecule has 0 atom stereocenters. The Hall–Kier alpha value is -1.07. The Bertz CT molecular complexity index is 383. The Kier molecular flexibility index (Phi) is 4.60. The van der Waals surface area contributed by atoms with Crippen molar-refractivity contribution in [1.82, 2.24) is 9.97 Å². The summed E-state index contributed by atoms with van der Waals surface area (Å²) in [7, 11) is 0. The molecule has 2 heterocycles. The standard InChI is InChI=1S/C12H18ClN3O2/c1-2-18-11-7-10(14-9-15-11)16-12(8-13)3-5-17-6-4-12/h7,9H,2-6,8H2,1H3,(H,14,15,16). The van der Waals surface area contributed by atoms with Crippen LogP contribution in [0.3, 0.4) is 0 Å². The summed E-state index contributed by atoms with van der Waals surface area (Å²) in [5.74, 6) is 1.85. The number of alkyl halides is 1. The van der Waals surface area contributed by atoms with Gasteiger partial charge in [-0.1, -0.05) is 0 Å². The molecule has 0 amide bonds. The molecule has 1 aromatic heterocycles. The lowest BCUT2D eigenvalue weighted by Gasteiger charge is -2.36. The second-order valence-electron chi connectivity index (χ2n) is 4.33.